The minimum absolute atomic E-state index is 0.0899. The van der Waals surface area contributed by atoms with Crippen LogP contribution in [0.4, 0.5) is 5.69 Å². The number of amides is 2. The summed E-state index contributed by atoms with van der Waals surface area (Å²) in [5.74, 6) is -0.236. The van der Waals surface area contributed by atoms with Crippen molar-refractivity contribution >= 4 is 34.5 Å². The van der Waals surface area contributed by atoms with E-state index in [0.717, 1.165) is 27.7 Å². The quantitative estimate of drug-likeness (QED) is 0.766. The van der Waals surface area contributed by atoms with E-state index in [2.05, 4.69) is 10.3 Å². The monoisotopic (exact) mass is 357 g/mol. The molecule has 2 heterocycles. The average molecular weight is 357 g/mol. The zero-order chi connectivity index (χ0) is 18.8. The Balaban J connectivity index is 1.61. The van der Waals surface area contributed by atoms with Crippen LogP contribution < -0.4 is 5.32 Å². The zero-order valence-electron chi connectivity index (χ0n) is 14.9. The van der Waals surface area contributed by atoms with Crippen molar-refractivity contribution in [2.24, 2.45) is 0 Å². The molecule has 0 bridgehead atoms. The Morgan fingerprint density at radius 2 is 1.93 bits per heavy atom. The number of nitrogens with one attached hydrogen (secondary N) is 1. The summed E-state index contributed by atoms with van der Waals surface area (Å²) in [5, 5.41) is 3.87. The van der Waals surface area contributed by atoms with Gasteiger partial charge >= 0.3 is 0 Å². The first-order chi connectivity index (χ1) is 13.1. The molecular formula is C22H19N3O2. The maximum atomic E-state index is 12.8. The van der Waals surface area contributed by atoms with Crippen molar-refractivity contribution in [3.05, 3.63) is 78.1 Å². The summed E-state index contributed by atoms with van der Waals surface area (Å²) in [4.78, 5) is 30.8. The van der Waals surface area contributed by atoms with Gasteiger partial charge in [0, 0.05) is 24.7 Å². The predicted molar refractivity (Wildman–Crippen MR) is 106 cm³/mol. The molecule has 1 atom stereocenters. The Morgan fingerprint density at radius 3 is 2.78 bits per heavy atom. The number of benzene rings is 2. The van der Waals surface area contributed by atoms with E-state index in [1.54, 1.807) is 17.3 Å². The average Bonchev–Trinajstić information content (AvgIpc) is 2.68. The van der Waals surface area contributed by atoms with Crippen molar-refractivity contribution in [3.63, 3.8) is 0 Å². The number of carbonyl (C=O) groups is 2. The molecule has 0 radical (unpaired) electrons. The molecule has 0 fully saturated rings. The molecule has 3 aromatic rings. The van der Waals surface area contributed by atoms with E-state index >= 15 is 0 Å². The molecule has 1 aromatic heterocycles. The molecule has 5 nitrogen and oxygen atoms in total. The maximum absolute atomic E-state index is 12.8. The number of fused-ring (bicyclic) bond motifs is 2. The number of anilines is 1. The number of aromatic nitrogens is 1. The minimum atomic E-state index is -0.322. The summed E-state index contributed by atoms with van der Waals surface area (Å²) in [6, 6.07) is 16.9. The van der Waals surface area contributed by atoms with E-state index < -0.39 is 0 Å². The largest absolute Gasteiger partial charge is 0.325 e. The van der Waals surface area contributed by atoms with Gasteiger partial charge in [-0.2, -0.15) is 0 Å². The summed E-state index contributed by atoms with van der Waals surface area (Å²) in [5.41, 5.74) is 3.55. The van der Waals surface area contributed by atoms with Gasteiger partial charge in [-0.1, -0.05) is 30.3 Å². The fraction of sp³-hybridized carbons (Fsp3) is 0.136. The molecule has 27 heavy (non-hydrogen) atoms. The third-order valence-electron chi connectivity index (χ3n) is 4.77. The van der Waals surface area contributed by atoms with E-state index in [1.807, 2.05) is 60.7 Å². The highest BCUT2D eigenvalue weighted by Gasteiger charge is 2.28. The van der Waals surface area contributed by atoms with Crippen LogP contribution in [0.2, 0.25) is 0 Å². The minimum Gasteiger partial charge on any atom is -0.325 e. The molecule has 0 saturated heterocycles. The van der Waals surface area contributed by atoms with Crippen LogP contribution in [0.25, 0.3) is 17.0 Å². The smallest absolute Gasteiger partial charge is 0.226 e. The maximum Gasteiger partial charge on any atom is 0.226 e. The van der Waals surface area contributed by atoms with Crippen molar-refractivity contribution in [2.75, 3.05) is 5.32 Å². The van der Waals surface area contributed by atoms with Crippen LogP contribution in [0.1, 0.15) is 30.5 Å². The molecule has 1 aliphatic rings. The normalized spacial score (nSPS) is 15.4. The number of hydrogen-bond acceptors (Lipinski definition) is 3. The third-order valence-corrected chi connectivity index (χ3v) is 4.77. The van der Waals surface area contributed by atoms with Gasteiger partial charge in [-0.25, -0.2) is 0 Å². The van der Waals surface area contributed by atoms with Gasteiger partial charge in [-0.3, -0.25) is 14.6 Å². The van der Waals surface area contributed by atoms with Gasteiger partial charge in [0.05, 0.1) is 23.7 Å². The van der Waals surface area contributed by atoms with E-state index in [9.17, 15) is 9.59 Å². The van der Waals surface area contributed by atoms with E-state index in [4.69, 9.17) is 0 Å². The lowest BCUT2D eigenvalue weighted by Gasteiger charge is -2.32. The number of nitrogens with zero attached hydrogens (tertiary/aromatic N) is 2. The van der Waals surface area contributed by atoms with Gasteiger partial charge in [-0.15, -0.1) is 0 Å². The molecule has 0 spiro atoms. The lowest BCUT2D eigenvalue weighted by molar-refractivity contribution is -0.129. The SMILES string of the molecule is CC(=O)N1C=Cc2ccccc2[C@H]1CC(=O)Nc1cccc2ncccc12. The van der Waals surface area contributed by atoms with Crippen molar-refractivity contribution in [1.29, 1.82) is 0 Å². The van der Waals surface area contributed by atoms with Crippen LogP contribution in [0.15, 0.2) is 67.0 Å². The Hall–Kier alpha value is -3.47. The van der Waals surface area contributed by atoms with Crippen LogP contribution in [-0.4, -0.2) is 21.7 Å². The molecule has 1 N–H and O–H groups in total. The number of hydrogen-bond donors (Lipinski definition) is 1. The second-order valence-electron chi connectivity index (χ2n) is 6.51. The predicted octanol–water partition coefficient (Wildman–Crippen LogP) is 4.14. The van der Waals surface area contributed by atoms with Crippen molar-refractivity contribution < 1.29 is 9.59 Å². The highest BCUT2D eigenvalue weighted by atomic mass is 16.2. The molecule has 1 aliphatic heterocycles. The van der Waals surface area contributed by atoms with Gasteiger partial charge in [0.25, 0.3) is 0 Å². The van der Waals surface area contributed by atoms with Crippen molar-refractivity contribution in [1.82, 2.24) is 9.88 Å². The second kappa shape index (κ2) is 7.03. The summed E-state index contributed by atoms with van der Waals surface area (Å²) < 4.78 is 0. The Bertz CT molecular complexity index is 1050. The van der Waals surface area contributed by atoms with Gasteiger partial charge in [-0.05, 0) is 41.5 Å². The van der Waals surface area contributed by atoms with E-state index in [-0.39, 0.29) is 24.3 Å². The summed E-state index contributed by atoms with van der Waals surface area (Å²) >= 11 is 0. The highest BCUT2D eigenvalue weighted by molar-refractivity contribution is 6.01. The molecule has 5 heteroatoms. The lowest BCUT2D eigenvalue weighted by atomic mass is 9.93. The highest BCUT2D eigenvalue weighted by Crippen LogP contribution is 2.33. The summed E-state index contributed by atoms with van der Waals surface area (Å²) in [7, 11) is 0. The first-order valence-electron chi connectivity index (χ1n) is 8.83. The second-order valence-corrected chi connectivity index (χ2v) is 6.51. The van der Waals surface area contributed by atoms with E-state index in [0.29, 0.717) is 0 Å². The molecule has 134 valence electrons. The number of pyridine rings is 1. The van der Waals surface area contributed by atoms with Gasteiger partial charge in [0.1, 0.15) is 0 Å². The van der Waals surface area contributed by atoms with Crippen LogP contribution in [0.5, 0.6) is 0 Å². The number of carbonyl (C=O) groups excluding carboxylic acids is 2. The van der Waals surface area contributed by atoms with Gasteiger partial charge in [0.2, 0.25) is 11.8 Å². The number of rotatable bonds is 3. The topological polar surface area (TPSA) is 62.3 Å². The van der Waals surface area contributed by atoms with Crippen LogP contribution in [0.3, 0.4) is 0 Å². The molecule has 2 aromatic carbocycles. The van der Waals surface area contributed by atoms with Gasteiger partial charge < -0.3 is 10.2 Å². The van der Waals surface area contributed by atoms with Crippen molar-refractivity contribution in [3.8, 4) is 0 Å². The molecule has 4 rings (SSSR count). The molecule has 0 saturated carbocycles. The van der Waals surface area contributed by atoms with E-state index in [1.165, 1.54) is 6.92 Å². The Labute approximate surface area is 157 Å². The van der Waals surface area contributed by atoms with Crippen LogP contribution in [-0.2, 0) is 9.59 Å². The first kappa shape index (κ1) is 17.0. The Kier molecular flexibility index (Phi) is 4.42. The Morgan fingerprint density at radius 1 is 1.07 bits per heavy atom. The molecule has 0 unspecified atom stereocenters. The summed E-state index contributed by atoms with van der Waals surface area (Å²) in [6.07, 6.45) is 5.56. The zero-order valence-corrected chi connectivity index (χ0v) is 14.9. The molecule has 0 aliphatic carbocycles. The standard InChI is InChI=1S/C22H19N3O2/c1-15(26)25-13-11-16-6-2-3-7-17(16)21(25)14-22(27)24-20-10-4-9-19-18(20)8-5-12-23-19/h2-13,21H,14H2,1H3,(H,24,27)/t21-/m1/s1. The molecular weight excluding hydrogens is 338 g/mol. The van der Waals surface area contributed by atoms with Crippen LogP contribution in [0, 0.1) is 0 Å². The van der Waals surface area contributed by atoms with Crippen LogP contribution >= 0.6 is 0 Å². The van der Waals surface area contributed by atoms with Crippen molar-refractivity contribution in [2.45, 2.75) is 19.4 Å². The third kappa shape index (κ3) is 3.31. The fourth-order valence-electron chi connectivity index (χ4n) is 3.50. The molecule has 2 amide bonds. The fourth-order valence-corrected chi connectivity index (χ4v) is 3.50. The van der Waals surface area contributed by atoms with Gasteiger partial charge in [0.15, 0.2) is 0 Å². The lowest BCUT2D eigenvalue weighted by Crippen LogP contribution is -2.33. The first-order valence-corrected chi connectivity index (χ1v) is 8.83. The summed E-state index contributed by atoms with van der Waals surface area (Å²) in [6.45, 7) is 1.51.